The fraction of sp³-hybridized carbons (Fsp3) is 0.308. The molecule has 0 aliphatic carbocycles. The Bertz CT molecular complexity index is 1110. The van der Waals surface area contributed by atoms with Gasteiger partial charge in [-0.05, 0) is 42.2 Å². The van der Waals surface area contributed by atoms with Gasteiger partial charge in [0.05, 0.1) is 12.1 Å². The Morgan fingerprint density at radius 2 is 1.88 bits per heavy atom. The molecule has 1 unspecified atom stereocenters. The minimum atomic E-state index is -0.616. The molecule has 1 spiro atoms. The summed E-state index contributed by atoms with van der Waals surface area (Å²) in [6, 6.07) is 21.3. The summed E-state index contributed by atoms with van der Waals surface area (Å²) >= 11 is 0. The second kappa shape index (κ2) is 9.11. The molecule has 1 aromatic heterocycles. The first-order valence-electron chi connectivity index (χ1n) is 11.3. The third kappa shape index (κ3) is 4.36. The van der Waals surface area contributed by atoms with Crippen molar-refractivity contribution in [2.24, 2.45) is 0 Å². The molecule has 2 aliphatic heterocycles. The molecule has 5 rings (SSSR count). The van der Waals surface area contributed by atoms with E-state index in [4.69, 9.17) is 15.2 Å². The lowest BCUT2D eigenvalue weighted by molar-refractivity contribution is -0.147. The first kappa shape index (κ1) is 21.3. The second-order valence-corrected chi connectivity index (χ2v) is 8.47. The molecule has 1 saturated heterocycles. The van der Waals surface area contributed by atoms with Crippen molar-refractivity contribution in [3.05, 3.63) is 84.1 Å². The Morgan fingerprint density at radius 3 is 2.67 bits per heavy atom. The maximum Gasteiger partial charge on any atom is 0.253 e. The molecule has 1 fully saturated rings. The van der Waals surface area contributed by atoms with Gasteiger partial charge in [0.25, 0.3) is 5.91 Å². The topological polar surface area (TPSA) is 89.7 Å². The number of fused-ring (bicyclic) bond motifs is 2. The molecule has 3 heterocycles. The smallest absolute Gasteiger partial charge is 0.253 e. The number of nitrogens with one attached hydrogen (secondary N) is 1. The summed E-state index contributed by atoms with van der Waals surface area (Å²) in [7, 11) is 0. The zero-order valence-electron chi connectivity index (χ0n) is 18.4. The van der Waals surface area contributed by atoms with Crippen LogP contribution in [0.2, 0.25) is 0 Å². The van der Waals surface area contributed by atoms with E-state index in [1.54, 1.807) is 12.3 Å². The maximum absolute atomic E-state index is 13.0. The van der Waals surface area contributed by atoms with E-state index in [0.717, 1.165) is 48.6 Å². The highest BCUT2D eigenvalue weighted by molar-refractivity contribution is 5.83. The van der Waals surface area contributed by atoms with Gasteiger partial charge < -0.3 is 25.4 Å². The monoisotopic (exact) mass is 444 g/mol. The predicted molar refractivity (Wildman–Crippen MR) is 127 cm³/mol. The Balaban J connectivity index is 1.23. The number of aromatic nitrogens is 1. The molecule has 3 aromatic rings. The van der Waals surface area contributed by atoms with E-state index < -0.39 is 11.7 Å². The van der Waals surface area contributed by atoms with Crippen molar-refractivity contribution in [3.8, 4) is 5.75 Å². The highest BCUT2D eigenvalue weighted by Gasteiger charge is 2.48. The lowest BCUT2D eigenvalue weighted by atomic mass is 9.83. The van der Waals surface area contributed by atoms with Crippen molar-refractivity contribution in [2.75, 3.05) is 36.9 Å². The lowest BCUT2D eigenvalue weighted by Gasteiger charge is -2.40. The fourth-order valence-electron chi connectivity index (χ4n) is 4.73. The summed E-state index contributed by atoms with van der Waals surface area (Å²) in [6.45, 7) is 2.38. The summed E-state index contributed by atoms with van der Waals surface area (Å²) in [5.41, 5.74) is 8.25. The van der Waals surface area contributed by atoms with Crippen molar-refractivity contribution in [1.29, 1.82) is 0 Å². The highest BCUT2D eigenvalue weighted by atomic mass is 16.5. The summed E-state index contributed by atoms with van der Waals surface area (Å²) in [5.74, 6) is 1.54. The molecule has 7 nitrogen and oxygen atoms in total. The summed E-state index contributed by atoms with van der Waals surface area (Å²) in [6.07, 6.45) is 2.68. The number of nitrogens with zero attached hydrogens (tertiary/aromatic N) is 2. The Hall–Kier alpha value is -3.58. The molecule has 1 atom stereocenters. The van der Waals surface area contributed by atoms with Gasteiger partial charge in [-0.2, -0.15) is 0 Å². The number of amides is 1. The predicted octanol–water partition coefficient (Wildman–Crippen LogP) is 3.43. The maximum atomic E-state index is 13.0. The Labute approximate surface area is 193 Å². The van der Waals surface area contributed by atoms with Crippen LogP contribution in [0.25, 0.3) is 0 Å². The van der Waals surface area contributed by atoms with Crippen LogP contribution in [0.1, 0.15) is 30.1 Å². The number of hydrogen-bond acceptors (Lipinski definition) is 6. The van der Waals surface area contributed by atoms with Crippen molar-refractivity contribution in [2.45, 2.75) is 24.5 Å². The van der Waals surface area contributed by atoms with Gasteiger partial charge in [0.2, 0.25) is 0 Å². The minimum absolute atomic E-state index is 0.129. The van der Waals surface area contributed by atoms with E-state index in [9.17, 15) is 4.79 Å². The average molecular weight is 445 g/mol. The molecule has 0 bridgehead atoms. The number of benzene rings is 2. The van der Waals surface area contributed by atoms with Crippen LogP contribution in [0.15, 0.2) is 72.9 Å². The van der Waals surface area contributed by atoms with Crippen molar-refractivity contribution >= 4 is 17.4 Å². The van der Waals surface area contributed by atoms with E-state index in [2.05, 4.69) is 21.3 Å². The van der Waals surface area contributed by atoms with Gasteiger partial charge in [-0.25, -0.2) is 4.98 Å². The van der Waals surface area contributed by atoms with Gasteiger partial charge in [-0.15, -0.1) is 0 Å². The van der Waals surface area contributed by atoms with E-state index in [0.29, 0.717) is 18.8 Å². The zero-order chi connectivity index (χ0) is 22.7. The third-order valence-electron chi connectivity index (χ3n) is 6.39. The van der Waals surface area contributed by atoms with Crippen LogP contribution < -0.4 is 20.7 Å². The molecule has 170 valence electrons. The molecular formula is C26H28N4O3. The van der Waals surface area contributed by atoms with Crippen LogP contribution >= 0.6 is 0 Å². The number of carbonyl (C=O) groups excluding carboxylic acids is 1. The van der Waals surface area contributed by atoms with E-state index >= 15 is 0 Å². The van der Waals surface area contributed by atoms with Gasteiger partial charge in [0.1, 0.15) is 18.2 Å². The van der Waals surface area contributed by atoms with Crippen LogP contribution in [0.3, 0.4) is 0 Å². The number of nitrogen functional groups attached to an aromatic ring is 1. The Kier molecular flexibility index (Phi) is 5.88. The van der Waals surface area contributed by atoms with Gasteiger partial charge in [0.15, 0.2) is 6.10 Å². The molecule has 0 radical (unpaired) electrons. The van der Waals surface area contributed by atoms with Crippen LogP contribution in [-0.4, -0.2) is 37.1 Å². The lowest BCUT2D eigenvalue weighted by Crippen LogP contribution is -2.43. The standard InChI is InChI=1S/C26H28N4O3/c27-19-10-13-28-23(18-19)30-15-11-26(12-16-30)22-9-5-4-8-21(22)24(33-26)25(31)29-14-17-32-20-6-2-1-3-7-20/h1-10,13,18,24H,11-12,14-17H2,(H2,27,28)(H,29,31). The second-order valence-electron chi connectivity index (χ2n) is 8.47. The van der Waals surface area contributed by atoms with Crippen LogP contribution in [0.5, 0.6) is 5.75 Å². The van der Waals surface area contributed by atoms with Crippen molar-refractivity contribution in [1.82, 2.24) is 10.3 Å². The molecular weight excluding hydrogens is 416 g/mol. The van der Waals surface area contributed by atoms with Gasteiger partial charge >= 0.3 is 0 Å². The third-order valence-corrected chi connectivity index (χ3v) is 6.39. The van der Waals surface area contributed by atoms with Gasteiger partial charge in [-0.1, -0.05) is 42.5 Å². The molecule has 2 aliphatic rings. The molecule has 7 heteroatoms. The van der Waals surface area contributed by atoms with E-state index in [1.165, 1.54) is 0 Å². The first-order valence-corrected chi connectivity index (χ1v) is 11.3. The largest absolute Gasteiger partial charge is 0.492 e. The highest BCUT2D eigenvalue weighted by Crippen LogP contribution is 2.49. The van der Waals surface area contributed by atoms with Crippen molar-refractivity contribution in [3.63, 3.8) is 0 Å². The Morgan fingerprint density at radius 1 is 1.12 bits per heavy atom. The summed E-state index contributed by atoms with van der Waals surface area (Å²) in [4.78, 5) is 19.7. The number of nitrogens with two attached hydrogens (primary N) is 1. The van der Waals surface area contributed by atoms with Crippen LogP contribution in [-0.2, 0) is 15.1 Å². The van der Waals surface area contributed by atoms with E-state index in [-0.39, 0.29) is 5.91 Å². The number of piperidine rings is 1. The summed E-state index contributed by atoms with van der Waals surface area (Å²) in [5, 5.41) is 2.98. The number of carbonyl (C=O) groups is 1. The quantitative estimate of drug-likeness (QED) is 0.566. The number of pyridine rings is 1. The fourth-order valence-corrected chi connectivity index (χ4v) is 4.73. The van der Waals surface area contributed by atoms with Crippen LogP contribution in [0, 0.1) is 0 Å². The first-order chi connectivity index (χ1) is 16.1. The number of para-hydroxylation sites is 1. The molecule has 0 saturated carbocycles. The van der Waals surface area contributed by atoms with Crippen LogP contribution in [0.4, 0.5) is 11.5 Å². The average Bonchev–Trinajstić information content (AvgIpc) is 3.17. The molecule has 1 amide bonds. The normalized spacial score (nSPS) is 18.7. The van der Waals surface area contributed by atoms with Crippen molar-refractivity contribution < 1.29 is 14.3 Å². The number of hydrogen-bond donors (Lipinski definition) is 2. The SMILES string of the molecule is Nc1ccnc(N2CCC3(CC2)OC(C(=O)NCCOc2ccccc2)c2ccccc23)c1. The summed E-state index contributed by atoms with van der Waals surface area (Å²) < 4.78 is 12.2. The van der Waals surface area contributed by atoms with E-state index in [1.807, 2.05) is 54.6 Å². The molecule has 3 N–H and O–H groups in total. The molecule has 2 aromatic carbocycles. The van der Waals surface area contributed by atoms with Gasteiger partial charge in [-0.3, -0.25) is 4.79 Å². The number of rotatable bonds is 6. The van der Waals surface area contributed by atoms with Gasteiger partial charge in [0, 0.05) is 31.0 Å². The molecule has 33 heavy (non-hydrogen) atoms. The number of anilines is 2. The minimum Gasteiger partial charge on any atom is -0.492 e. The number of ether oxygens (including phenoxy) is 2. The zero-order valence-corrected chi connectivity index (χ0v) is 18.4.